The Balaban J connectivity index is 1.35. The fraction of sp³-hybridized carbons (Fsp3) is 0.667. The van der Waals surface area contributed by atoms with Crippen molar-refractivity contribution in [2.75, 3.05) is 32.7 Å². The van der Waals surface area contributed by atoms with Crippen LogP contribution in [0.1, 0.15) is 69.8 Å². The molecule has 1 aliphatic rings. The van der Waals surface area contributed by atoms with Gasteiger partial charge in [-0.25, -0.2) is 4.79 Å². The number of nitro benzene ring substituents is 1. The summed E-state index contributed by atoms with van der Waals surface area (Å²) in [5.74, 6) is 0.306. The van der Waals surface area contributed by atoms with Crippen LogP contribution in [0.4, 0.5) is 10.5 Å². The zero-order valence-electron chi connectivity index (χ0n) is 19.6. The number of amides is 2. The molecule has 0 aliphatic carbocycles. The highest BCUT2D eigenvalue weighted by Gasteiger charge is 2.15. The van der Waals surface area contributed by atoms with Gasteiger partial charge in [0.05, 0.1) is 4.92 Å². The molecule has 2 rings (SSSR count). The Morgan fingerprint density at radius 3 is 2.12 bits per heavy atom. The number of rotatable bonds is 15. The van der Waals surface area contributed by atoms with Crippen molar-refractivity contribution >= 4 is 17.7 Å². The molecule has 0 saturated carbocycles. The van der Waals surface area contributed by atoms with Crippen molar-refractivity contribution in [1.82, 2.24) is 15.5 Å². The molecule has 1 aromatic carbocycles. The Bertz CT molecular complexity index is 720. The van der Waals surface area contributed by atoms with Crippen LogP contribution in [-0.2, 0) is 16.1 Å². The number of hydrogen-bond acceptors (Lipinski definition) is 6. The Morgan fingerprint density at radius 1 is 0.939 bits per heavy atom. The highest BCUT2D eigenvalue weighted by molar-refractivity contribution is 5.76. The zero-order valence-corrected chi connectivity index (χ0v) is 19.6. The highest BCUT2D eigenvalue weighted by Crippen LogP contribution is 2.13. The largest absolute Gasteiger partial charge is 0.445 e. The van der Waals surface area contributed by atoms with Gasteiger partial charge in [0.2, 0.25) is 5.91 Å². The summed E-state index contributed by atoms with van der Waals surface area (Å²) in [6, 6.07) is 5.95. The Labute approximate surface area is 196 Å². The lowest BCUT2D eigenvalue weighted by Gasteiger charge is -2.27. The molecule has 2 N–H and O–H groups in total. The van der Waals surface area contributed by atoms with Gasteiger partial charge in [0.25, 0.3) is 5.69 Å². The molecule has 1 saturated heterocycles. The third kappa shape index (κ3) is 11.7. The minimum atomic E-state index is -0.469. The quantitative estimate of drug-likeness (QED) is 0.230. The first-order chi connectivity index (χ1) is 16.1. The third-order valence-electron chi connectivity index (χ3n) is 5.82. The van der Waals surface area contributed by atoms with Crippen molar-refractivity contribution < 1.29 is 19.2 Å². The number of unbranched alkanes of at least 4 members (excludes halogenated alkanes) is 8. The van der Waals surface area contributed by atoms with E-state index in [-0.39, 0.29) is 12.3 Å². The van der Waals surface area contributed by atoms with Gasteiger partial charge in [0, 0.05) is 51.3 Å². The van der Waals surface area contributed by atoms with E-state index in [4.69, 9.17) is 4.74 Å². The molecule has 0 aromatic heterocycles. The van der Waals surface area contributed by atoms with Crippen molar-refractivity contribution in [3.8, 4) is 0 Å². The van der Waals surface area contributed by atoms with Crippen molar-refractivity contribution in [3.05, 3.63) is 39.9 Å². The molecule has 184 valence electrons. The number of piperazine rings is 1. The topological polar surface area (TPSA) is 114 Å². The van der Waals surface area contributed by atoms with Gasteiger partial charge in [0.15, 0.2) is 0 Å². The lowest BCUT2D eigenvalue weighted by Crippen LogP contribution is -2.46. The highest BCUT2D eigenvalue weighted by atomic mass is 16.6. The monoisotopic (exact) mass is 462 g/mol. The molecule has 1 heterocycles. The van der Waals surface area contributed by atoms with E-state index < -0.39 is 11.0 Å². The van der Waals surface area contributed by atoms with E-state index in [9.17, 15) is 19.7 Å². The zero-order chi connectivity index (χ0) is 23.7. The van der Waals surface area contributed by atoms with Crippen LogP contribution in [0.5, 0.6) is 0 Å². The maximum absolute atomic E-state index is 12.1. The smallest absolute Gasteiger partial charge is 0.407 e. The van der Waals surface area contributed by atoms with Crippen LogP contribution >= 0.6 is 0 Å². The van der Waals surface area contributed by atoms with Gasteiger partial charge < -0.3 is 20.3 Å². The lowest BCUT2D eigenvalue weighted by molar-refractivity contribution is -0.384. The normalized spacial score (nSPS) is 13.5. The van der Waals surface area contributed by atoms with Crippen LogP contribution in [0.2, 0.25) is 0 Å². The minimum Gasteiger partial charge on any atom is -0.445 e. The average molecular weight is 463 g/mol. The van der Waals surface area contributed by atoms with Crippen LogP contribution in [-0.4, -0.2) is 54.5 Å². The number of nitrogens with zero attached hydrogens (tertiary/aromatic N) is 2. The number of carbonyl (C=O) groups excluding carboxylic acids is 2. The van der Waals surface area contributed by atoms with E-state index in [0.29, 0.717) is 24.4 Å². The summed E-state index contributed by atoms with van der Waals surface area (Å²) in [6.07, 6.45) is 10.3. The number of nitrogens with one attached hydrogen (secondary N) is 2. The first kappa shape index (κ1) is 26.6. The van der Waals surface area contributed by atoms with E-state index in [2.05, 4.69) is 10.6 Å². The number of hydrogen-bond donors (Lipinski definition) is 2. The molecule has 0 unspecified atom stereocenters. The third-order valence-corrected chi connectivity index (χ3v) is 5.82. The fourth-order valence-corrected chi connectivity index (χ4v) is 3.82. The summed E-state index contributed by atoms with van der Waals surface area (Å²) in [7, 11) is 0. The van der Waals surface area contributed by atoms with Gasteiger partial charge in [-0.15, -0.1) is 0 Å². The molecule has 9 heteroatoms. The number of ether oxygens (including phenoxy) is 1. The molecule has 0 bridgehead atoms. The Kier molecular flexibility index (Phi) is 12.9. The van der Waals surface area contributed by atoms with Crippen molar-refractivity contribution in [3.63, 3.8) is 0 Å². The second-order valence-corrected chi connectivity index (χ2v) is 8.49. The van der Waals surface area contributed by atoms with E-state index in [1.54, 1.807) is 12.1 Å². The van der Waals surface area contributed by atoms with Gasteiger partial charge in [-0.05, 0) is 30.5 Å². The van der Waals surface area contributed by atoms with E-state index >= 15 is 0 Å². The van der Waals surface area contributed by atoms with Gasteiger partial charge in [-0.1, -0.05) is 44.9 Å². The summed E-state index contributed by atoms with van der Waals surface area (Å²) in [4.78, 5) is 35.9. The number of carbonyl (C=O) groups is 2. The molecule has 0 atom stereocenters. The number of non-ortho nitro benzene ring substituents is 1. The first-order valence-electron chi connectivity index (χ1n) is 12.2. The maximum atomic E-state index is 12.1. The summed E-state index contributed by atoms with van der Waals surface area (Å²) < 4.78 is 5.12. The van der Waals surface area contributed by atoms with E-state index in [0.717, 1.165) is 58.3 Å². The Hall–Kier alpha value is -2.68. The predicted molar refractivity (Wildman–Crippen MR) is 127 cm³/mol. The van der Waals surface area contributed by atoms with Crippen LogP contribution in [0.3, 0.4) is 0 Å². The van der Waals surface area contributed by atoms with Crippen LogP contribution in [0.25, 0.3) is 0 Å². The predicted octanol–water partition coefficient (Wildman–Crippen LogP) is 4.15. The number of nitro groups is 1. The van der Waals surface area contributed by atoms with Crippen molar-refractivity contribution in [1.29, 1.82) is 0 Å². The first-order valence-corrected chi connectivity index (χ1v) is 12.2. The summed E-state index contributed by atoms with van der Waals surface area (Å²) in [6.45, 7) is 4.19. The second-order valence-electron chi connectivity index (χ2n) is 8.49. The SMILES string of the molecule is O=C(NCCCCCCCCCCCC(=O)N1CCNCC1)OCc1ccc([N+](=O)[O-])cc1. The molecule has 0 radical (unpaired) electrons. The number of benzene rings is 1. The number of alkyl carbamates (subject to hydrolysis) is 1. The fourth-order valence-electron chi connectivity index (χ4n) is 3.82. The molecule has 9 nitrogen and oxygen atoms in total. The molecular weight excluding hydrogens is 424 g/mol. The lowest BCUT2D eigenvalue weighted by atomic mass is 10.1. The van der Waals surface area contributed by atoms with Crippen LogP contribution < -0.4 is 10.6 Å². The maximum Gasteiger partial charge on any atom is 0.407 e. The molecule has 0 spiro atoms. The van der Waals surface area contributed by atoms with Gasteiger partial charge in [-0.2, -0.15) is 0 Å². The van der Waals surface area contributed by atoms with Crippen LogP contribution in [0.15, 0.2) is 24.3 Å². The Morgan fingerprint density at radius 2 is 1.52 bits per heavy atom. The second kappa shape index (κ2) is 16.0. The molecule has 1 fully saturated rings. The average Bonchev–Trinajstić information content (AvgIpc) is 2.84. The van der Waals surface area contributed by atoms with Crippen LogP contribution in [0, 0.1) is 10.1 Å². The van der Waals surface area contributed by atoms with E-state index in [1.165, 1.54) is 37.8 Å². The molecule has 1 aliphatic heterocycles. The van der Waals surface area contributed by atoms with Crippen molar-refractivity contribution in [2.24, 2.45) is 0 Å². The molecule has 1 aromatic rings. The molecular formula is C24H38N4O5. The van der Waals surface area contributed by atoms with E-state index in [1.807, 2.05) is 4.90 Å². The van der Waals surface area contributed by atoms with Gasteiger partial charge >= 0.3 is 6.09 Å². The molecule has 33 heavy (non-hydrogen) atoms. The minimum absolute atomic E-state index is 0.0149. The summed E-state index contributed by atoms with van der Waals surface area (Å²) >= 11 is 0. The summed E-state index contributed by atoms with van der Waals surface area (Å²) in [5, 5.41) is 16.6. The van der Waals surface area contributed by atoms with Gasteiger partial charge in [0.1, 0.15) is 6.61 Å². The summed E-state index contributed by atoms with van der Waals surface area (Å²) in [5.41, 5.74) is 0.725. The van der Waals surface area contributed by atoms with Gasteiger partial charge in [-0.3, -0.25) is 14.9 Å². The molecule has 2 amide bonds. The standard InChI is InChI=1S/C24H38N4O5/c29-23(27-18-16-25-17-19-27)10-8-6-4-2-1-3-5-7-9-15-26-24(30)33-20-21-11-13-22(14-12-21)28(31)32/h11-14,25H,1-10,15-20H2,(H,26,30). The van der Waals surface area contributed by atoms with Crippen molar-refractivity contribution in [2.45, 2.75) is 70.8 Å².